The van der Waals surface area contributed by atoms with Crippen molar-refractivity contribution in [3.8, 4) is 0 Å². The van der Waals surface area contributed by atoms with Crippen LogP contribution in [0, 0.1) is 5.82 Å². The maximum absolute atomic E-state index is 12.7. The van der Waals surface area contributed by atoms with Gasteiger partial charge in [-0.2, -0.15) is 0 Å². The van der Waals surface area contributed by atoms with Gasteiger partial charge in [-0.3, -0.25) is 10.0 Å². The van der Waals surface area contributed by atoms with Crippen molar-refractivity contribution in [3.05, 3.63) is 58.6 Å². The van der Waals surface area contributed by atoms with Crippen molar-refractivity contribution in [1.82, 2.24) is 0 Å². The van der Waals surface area contributed by atoms with Crippen LogP contribution in [0.1, 0.15) is 10.4 Å². The Morgan fingerprint density at radius 1 is 1.22 bits per heavy atom. The van der Waals surface area contributed by atoms with Gasteiger partial charge in [-0.15, -0.1) is 0 Å². The summed E-state index contributed by atoms with van der Waals surface area (Å²) in [5.74, 6) is -0.762. The highest BCUT2D eigenvalue weighted by Crippen LogP contribution is 2.11. The first kappa shape index (κ1) is 12.5. The lowest BCUT2D eigenvalue weighted by molar-refractivity contribution is -0.913. The van der Waals surface area contributed by atoms with Gasteiger partial charge in [-0.05, 0) is 30.3 Å². The molecule has 2 aromatic rings. The van der Waals surface area contributed by atoms with E-state index in [4.69, 9.17) is 0 Å². The number of nitrogens with one attached hydrogen (secondary N) is 1. The number of rotatable bonds is 2. The molecule has 6 heteroatoms. The number of aromatic nitrogens is 1. The van der Waals surface area contributed by atoms with E-state index in [9.17, 15) is 14.4 Å². The number of amides is 1. The normalized spacial score (nSPS) is 10.1. The van der Waals surface area contributed by atoms with Crippen LogP contribution < -0.4 is 10.0 Å². The fourth-order valence-electron chi connectivity index (χ4n) is 1.34. The van der Waals surface area contributed by atoms with E-state index in [1.54, 1.807) is 12.1 Å². The molecule has 0 atom stereocenters. The first-order valence-electron chi connectivity index (χ1n) is 5.03. The number of halogens is 2. The Labute approximate surface area is 111 Å². The number of anilines is 1. The van der Waals surface area contributed by atoms with Crippen molar-refractivity contribution in [2.24, 2.45) is 0 Å². The second kappa shape index (κ2) is 5.14. The number of carbonyl (C=O) groups excluding carboxylic acids is 1. The second-order valence-corrected chi connectivity index (χ2v) is 4.36. The van der Waals surface area contributed by atoms with Crippen molar-refractivity contribution >= 4 is 27.5 Å². The van der Waals surface area contributed by atoms with Gasteiger partial charge in [-0.1, -0.05) is 0 Å². The molecule has 0 aliphatic heterocycles. The van der Waals surface area contributed by atoms with E-state index in [1.165, 1.54) is 30.5 Å². The number of carbonyl (C=O) groups is 1. The summed E-state index contributed by atoms with van der Waals surface area (Å²) in [7, 11) is 0. The maximum atomic E-state index is 12.7. The Hall–Kier alpha value is -1.95. The quantitative estimate of drug-likeness (QED) is 0.508. The van der Waals surface area contributed by atoms with Gasteiger partial charge in [0, 0.05) is 32.4 Å². The predicted molar refractivity (Wildman–Crippen MR) is 65.9 cm³/mol. The monoisotopic (exact) mass is 311 g/mol. The molecule has 0 saturated heterocycles. The van der Waals surface area contributed by atoms with Crippen LogP contribution in [-0.4, -0.2) is 11.1 Å². The summed E-state index contributed by atoms with van der Waals surface area (Å²) in [6.07, 6.45) is 1.27. The van der Waals surface area contributed by atoms with Gasteiger partial charge in [0.15, 0.2) is 0 Å². The number of pyridine rings is 1. The molecule has 18 heavy (non-hydrogen) atoms. The molecular weight excluding hydrogens is 303 g/mol. The zero-order valence-corrected chi connectivity index (χ0v) is 10.7. The van der Waals surface area contributed by atoms with Crippen LogP contribution in [0.25, 0.3) is 0 Å². The van der Waals surface area contributed by atoms with Crippen molar-refractivity contribution in [2.75, 3.05) is 5.32 Å². The van der Waals surface area contributed by atoms with Crippen LogP contribution >= 0.6 is 15.9 Å². The highest BCUT2D eigenvalue weighted by atomic mass is 79.9. The number of nitrogens with zero attached hydrogens (tertiary/aromatic N) is 1. The molecule has 0 fully saturated rings. The molecule has 2 rings (SSSR count). The Balaban J connectivity index is 2.16. The largest absolute Gasteiger partial charge is 0.322 e. The Morgan fingerprint density at radius 3 is 2.50 bits per heavy atom. The molecule has 4 nitrogen and oxygen atoms in total. The Bertz CT molecular complexity index is 587. The van der Waals surface area contributed by atoms with E-state index >= 15 is 0 Å². The average molecular weight is 312 g/mol. The summed E-state index contributed by atoms with van der Waals surface area (Å²) in [6.45, 7) is 0. The van der Waals surface area contributed by atoms with E-state index in [0.29, 0.717) is 10.3 Å². The fourth-order valence-corrected chi connectivity index (χ4v) is 1.58. The summed E-state index contributed by atoms with van der Waals surface area (Å²) < 4.78 is 13.9. The van der Waals surface area contributed by atoms with Gasteiger partial charge in [0.2, 0.25) is 6.20 Å². The first-order chi connectivity index (χ1) is 8.56. The van der Waals surface area contributed by atoms with Gasteiger partial charge < -0.3 is 5.32 Å². The van der Waals surface area contributed by atoms with E-state index < -0.39 is 5.91 Å². The number of benzene rings is 1. The molecule has 1 amide bonds. The molecule has 0 aliphatic carbocycles. The Kier molecular flexibility index (Phi) is 3.57. The second-order valence-electron chi connectivity index (χ2n) is 3.55. The molecular formula is C12H9BrFN2O2+. The molecule has 0 radical (unpaired) electrons. The van der Waals surface area contributed by atoms with Crippen molar-refractivity contribution in [3.63, 3.8) is 0 Å². The van der Waals surface area contributed by atoms with E-state index in [2.05, 4.69) is 21.2 Å². The van der Waals surface area contributed by atoms with E-state index in [0.717, 1.165) is 4.73 Å². The Morgan fingerprint density at radius 2 is 1.89 bits per heavy atom. The summed E-state index contributed by atoms with van der Waals surface area (Å²) in [5, 5.41) is 12.0. The van der Waals surface area contributed by atoms with E-state index in [-0.39, 0.29) is 11.4 Å². The van der Waals surface area contributed by atoms with Gasteiger partial charge in [0.1, 0.15) is 11.4 Å². The topological polar surface area (TPSA) is 53.2 Å². The molecule has 0 saturated carbocycles. The highest BCUT2D eigenvalue weighted by molar-refractivity contribution is 9.10. The molecule has 2 N–H and O–H groups in total. The zero-order chi connectivity index (χ0) is 13.1. The molecule has 0 aliphatic rings. The van der Waals surface area contributed by atoms with Crippen molar-refractivity contribution in [1.29, 1.82) is 0 Å². The SMILES string of the molecule is O=C(Nc1ccc(F)cc1)c1ccc(Br)[n+](O)c1. The molecule has 1 aromatic heterocycles. The van der Waals surface area contributed by atoms with Gasteiger partial charge >= 0.3 is 0 Å². The van der Waals surface area contributed by atoms with Gasteiger partial charge in [0.05, 0.1) is 0 Å². The molecule has 1 aromatic carbocycles. The minimum absolute atomic E-state index is 0.282. The van der Waals surface area contributed by atoms with Crippen LogP contribution in [0.2, 0.25) is 0 Å². The minimum atomic E-state index is -0.392. The standard InChI is InChI=1S/C12H8BrFN2O2/c13-11-6-1-8(7-16(11)18)12(17)15-10-4-2-9(14)3-5-10/h1-7H,(H-,15,17,18)/p+1. The van der Waals surface area contributed by atoms with E-state index in [1.807, 2.05) is 0 Å². The lowest BCUT2D eigenvalue weighted by Gasteiger charge is -2.03. The van der Waals surface area contributed by atoms with Crippen LogP contribution in [0.4, 0.5) is 10.1 Å². The van der Waals surface area contributed by atoms with Crippen LogP contribution in [0.15, 0.2) is 47.2 Å². The lowest BCUT2D eigenvalue weighted by atomic mass is 10.2. The summed E-state index contributed by atoms with van der Waals surface area (Å²) in [5.41, 5.74) is 0.763. The fraction of sp³-hybridized carbons (Fsp3) is 0. The van der Waals surface area contributed by atoms with Crippen molar-refractivity contribution in [2.45, 2.75) is 0 Å². The van der Waals surface area contributed by atoms with Crippen molar-refractivity contribution < 1.29 is 19.1 Å². The molecule has 0 unspecified atom stereocenters. The zero-order valence-electron chi connectivity index (χ0n) is 9.10. The third-order valence-corrected chi connectivity index (χ3v) is 2.87. The van der Waals surface area contributed by atoms with Crippen LogP contribution in [0.5, 0.6) is 0 Å². The minimum Gasteiger partial charge on any atom is -0.322 e. The predicted octanol–water partition coefficient (Wildman–Crippen LogP) is 2.37. The number of hydrogen-bond acceptors (Lipinski definition) is 2. The number of hydrogen-bond donors (Lipinski definition) is 2. The molecule has 0 spiro atoms. The first-order valence-corrected chi connectivity index (χ1v) is 5.83. The van der Waals surface area contributed by atoms with Crippen LogP contribution in [0.3, 0.4) is 0 Å². The summed E-state index contributed by atoms with van der Waals surface area (Å²) in [4.78, 5) is 11.8. The van der Waals surface area contributed by atoms with Gasteiger partial charge in [-0.25, -0.2) is 4.39 Å². The summed E-state index contributed by atoms with van der Waals surface area (Å²) >= 11 is 3.09. The van der Waals surface area contributed by atoms with Crippen LogP contribution in [-0.2, 0) is 0 Å². The average Bonchev–Trinajstić information content (AvgIpc) is 2.35. The summed E-state index contributed by atoms with van der Waals surface area (Å²) in [6, 6.07) is 8.51. The van der Waals surface area contributed by atoms with Gasteiger partial charge in [0.25, 0.3) is 10.5 Å². The molecule has 0 bridgehead atoms. The third kappa shape index (κ3) is 2.84. The highest BCUT2D eigenvalue weighted by Gasteiger charge is 2.14. The third-order valence-electron chi connectivity index (χ3n) is 2.24. The maximum Gasteiger partial charge on any atom is 0.298 e. The smallest absolute Gasteiger partial charge is 0.298 e. The molecule has 1 heterocycles. The lowest BCUT2D eigenvalue weighted by Crippen LogP contribution is -2.33. The molecule has 92 valence electrons.